The maximum atomic E-state index is 12.3. The number of amides is 1. The number of hydrogen-bond acceptors (Lipinski definition) is 6. The van der Waals surface area contributed by atoms with Gasteiger partial charge in [0.2, 0.25) is 5.95 Å². The van der Waals surface area contributed by atoms with Gasteiger partial charge in [0.15, 0.2) is 11.5 Å². The molecule has 0 unspecified atom stereocenters. The third-order valence-corrected chi connectivity index (χ3v) is 4.58. The number of anilines is 2. The maximum Gasteiger partial charge on any atom is 0.278 e. The zero-order valence-corrected chi connectivity index (χ0v) is 15.3. The summed E-state index contributed by atoms with van der Waals surface area (Å²) in [5.74, 6) is 0.633. The van der Waals surface area contributed by atoms with E-state index in [1.54, 1.807) is 17.1 Å². The Bertz CT molecular complexity index is 918. The van der Waals surface area contributed by atoms with E-state index >= 15 is 0 Å². The van der Waals surface area contributed by atoms with Gasteiger partial charge in [0, 0.05) is 18.1 Å². The van der Waals surface area contributed by atoms with Gasteiger partial charge in [-0.25, -0.2) is 9.67 Å². The van der Waals surface area contributed by atoms with Crippen LogP contribution in [0, 0.1) is 0 Å². The Morgan fingerprint density at radius 1 is 1.07 bits per heavy atom. The number of nitrogens with one attached hydrogen (secondary N) is 1. The van der Waals surface area contributed by atoms with Crippen LogP contribution in [0.4, 0.5) is 11.8 Å². The van der Waals surface area contributed by atoms with Crippen molar-refractivity contribution >= 4 is 29.3 Å². The molecular formula is C18H18ClN7O. The molecule has 2 aromatic heterocycles. The van der Waals surface area contributed by atoms with Gasteiger partial charge in [-0.1, -0.05) is 23.7 Å². The first kappa shape index (κ1) is 17.4. The highest BCUT2D eigenvalue weighted by molar-refractivity contribution is 6.30. The van der Waals surface area contributed by atoms with Crippen molar-refractivity contribution in [2.75, 3.05) is 23.3 Å². The molecule has 1 saturated heterocycles. The fraction of sp³-hybridized carbons (Fsp3) is 0.278. The van der Waals surface area contributed by atoms with Gasteiger partial charge in [0.25, 0.3) is 5.91 Å². The molecule has 1 fully saturated rings. The van der Waals surface area contributed by atoms with E-state index in [2.05, 4.69) is 30.5 Å². The molecule has 8 nitrogen and oxygen atoms in total. The second-order valence-corrected chi connectivity index (χ2v) is 6.75. The van der Waals surface area contributed by atoms with Crippen LogP contribution in [0.5, 0.6) is 0 Å². The SMILES string of the molecule is O=C(Nc1ncn(Cc2ccc(Cl)cc2)n1)c1ccc(N2CCCC2)nn1. The number of carbonyl (C=O) groups excluding carboxylic acids is 1. The zero-order chi connectivity index (χ0) is 18.6. The highest BCUT2D eigenvalue weighted by Gasteiger charge is 2.16. The predicted octanol–water partition coefficient (Wildman–Crippen LogP) is 2.62. The first-order chi connectivity index (χ1) is 13.2. The van der Waals surface area contributed by atoms with Crippen molar-refractivity contribution in [1.29, 1.82) is 0 Å². The van der Waals surface area contributed by atoms with Crippen LogP contribution in [0.1, 0.15) is 28.9 Å². The van der Waals surface area contributed by atoms with Crippen molar-refractivity contribution in [2.24, 2.45) is 0 Å². The van der Waals surface area contributed by atoms with Gasteiger partial charge >= 0.3 is 0 Å². The lowest BCUT2D eigenvalue weighted by molar-refractivity contribution is 0.102. The van der Waals surface area contributed by atoms with Gasteiger partial charge in [-0.05, 0) is 42.7 Å². The Morgan fingerprint density at radius 2 is 1.85 bits per heavy atom. The van der Waals surface area contributed by atoms with Crippen LogP contribution < -0.4 is 10.2 Å². The van der Waals surface area contributed by atoms with Gasteiger partial charge in [0.1, 0.15) is 6.33 Å². The molecule has 0 atom stereocenters. The molecule has 138 valence electrons. The largest absolute Gasteiger partial charge is 0.355 e. The predicted molar refractivity (Wildman–Crippen MR) is 102 cm³/mol. The Labute approximate surface area is 161 Å². The number of aromatic nitrogens is 5. The van der Waals surface area contributed by atoms with Crippen molar-refractivity contribution in [3.05, 3.63) is 59.0 Å². The molecule has 0 bridgehead atoms. The van der Waals surface area contributed by atoms with E-state index in [0.29, 0.717) is 11.6 Å². The summed E-state index contributed by atoms with van der Waals surface area (Å²) < 4.78 is 1.64. The van der Waals surface area contributed by atoms with E-state index in [4.69, 9.17) is 11.6 Å². The molecule has 3 heterocycles. The number of halogens is 1. The summed E-state index contributed by atoms with van der Waals surface area (Å²) >= 11 is 5.88. The number of hydrogen-bond donors (Lipinski definition) is 1. The van der Waals surface area contributed by atoms with Gasteiger partial charge in [-0.3, -0.25) is 10.1 Å². The third-order valence-electron chi connectivity index (χ3n) is 4.33. The fourth-order valence-corrected chi connectivity index (χ4v) is 3.06. The molecule has 0 aliphatic carbocycles. The number of benzene rings is 1. The number of rotatable bonds is 5. The van der Waals surface area contributed by atoms with Gasteiger partial charge in [0.05, 0.1) is 6.54 Å². The lowest BCUT2D eigenvalue weighted by atomic mass is 10.2. The fourth-order valence-electron chi connectivity index (χ4n) is 2.93. The summed E-state index contributed by atoms with van der Waals surface area (Å²) in [4.78, 5) is 18.6. The Kier molecular flexibility index (Phi) is 4.97. The Hall–Kier alpha value is -3.00. The summed E-state index contributed by atoms with van der Waals surface area (Å²) in [6.07, 6.45) is 3.88. The smallest absolute Gasteiger partial charge is 0.278 e. The van der Waals surface area contributed by atoms with Gasteiger partial charge in [-0.15, -0.1) is 15.3 Å². The summed E-state index contributed by atoms with van der Waals surface area (Å²) in [5.41, 5.74) is 1.26. The van der Waals surface area contributed by atoms with Crippen molar-refractivity contribution in [2.45, 2.75) is 19.4 Å². The minimum Gasteiger partial charge on any atom is -0.355 e. The lowest BCUT2D eigenvalue weighted by Gasteiger charge is -2.14. The average molecular weight is 384 g/mol. The molecule has 1 aliphatic rings. The quantitative estimate of drug-likeness (QED) is 0.728. The summed E-state index contributed by atoms with van der Waals surface area (Å²) in [5, 5.41) is 15.8. The lowest BCUT2D eigenvalue weighted by Crippen LogP contribution is -2.21. The molecule has 4 rings (SSSR count). The monoisotopic (exact) mass is 383 g/mol. The summed E-state index contributed by atoms with van der Waals surface area (Å²) in [6, 6.07) is 11.0. The normalized spacial score (nSPS) is 13.7. The molecule has 1 aliphatic heterocycles. The van der Waals surface area contributed by atoms with Crippen LogP contribution >= 0.6 is 11.6 Å². The van der Waals surface area contributed by atoms with E-state index < -0.39 is 0 Å². The Morgan fingerprint density at radius 3 is 2.56 bits per heavy atom. The van der Waals surface area contributed by atoms with E-state index in [1.165, 1.54) is 0 Å². The molecule has 0 radical (unpaired) electrons. The maximum absolute atomic E-state index is 12.3. The minimum absolute atomic E-state index is 0.222. The van der Waals surface area contributed by atoms with Crippen LogP contribution in [0.3, 0.4) is 0 Å². The molecule has 27 heavy (non-hydrogen) atoms. The van der Waals surface area contributed by atoms with Crippen LogP contribution in [0.2, 0.25) is 5.02 Å². The molecule has 1 N–H and O–H groups in total. The molecule has 9 heteroatoms. The zero-order valence-electron chi connectivity index (χ0n) is 14.5. The van der Waals surface area contributed by atoms with Crippen molar-refractivity contribution < 1.29 is 4.79 Å². The molecule has 1 aromatic carbocycles. The number of carbonyl (C=O) groups is 1. The third kappa shape index (κ3) is 4.22. The van der Waals surface area contributed by atoms with Crippen LogP contribution in [-0.2, 0) is 6.54 Å². The topological polar surface area (TPSA) is 88.8 Å². The summed E-state index contributed by atoms with van der Waals surface area (Å²) in [6.45, 7) is 2.49. The van der Waals surface area contributed by atoms with Crippen LogP contribution in [-0.4, -0.2) is 44.0 Å². The van der Waals surface area contributed by atoms with Crippen molar-refractivity contribution in [3.8, 4) is 0 Å². The molecule has 3 aromatic rings. The first-order valence-corrected chi connectivity index (χ1v) is 9.09. The molecular weight excluding hydrogens is 366 g/mol. The van der Waals surface area contributed by atoms with Gasteiger partial charge in [-0.2, -0.15) is 0 Å². The standard InChI is InChI=1S/C18H18ClN7O/c19-14-5-3-13(4-6-14)11-26-12-20-18(24-26)21-17(27)15-7-8-16(23-22-15)25-9-1-2-10-25/h3-8,12H,1-2,9-11H2,(H,21,24,27). The Balaban J connectivity index is 1.38. The molecule has 0 spiro atoms. The second-order valence-electron chi connectivity index (χ2n) is 6.32. The van der Waals surface area contributed by atoms with Crippen molar-refractivity contribution in [3.63, 3.8) is 0 Å². The highest BCUT2D eigenvalue weighted by atomic mass is 35.5. The van der Waals surface area contributed by atoms with E-state index in [1.807, 2.05) is 30.3 Å². The minimum atomic E-state index is -0.389. The van der Waals surface area contributed by atoms with E-state index in [0.717, 1.165) is 37.3 Å². The summed E-state index contributed by atoms with van der Waals surface area (Å²) in [7, 11) is 0. The second kappa shape index (κ2) is 7.71. The first-order valence-electron chi connectivity index (χ1n) is 8.71. The van der Waals surface area contributed by atoms with E-state index in [9.17, 15) is 4.79 Å². The van der Waals surface area contributed by atoms with E-state index in [-0.39, 0.29) is 17.5 Å². The highest BCUT2D eigenvalue weighted by Crippen LogP contribution is 2.16. The molecule has 0 saturated carbocycles. The van der Waals surface area contributed by atoms with Gasteiger partial charge < -0.3 is 4.90 Å². The number of nitrogens with zero attached hydrogens (tertiary/aromatic N) is 6. The van der Waals surface area contributed by atoms with Crippen LogP contribution in [0.15, 0.2) is 42.7 Å². The van der Waals surface area contributed by atoms with Crippen LogP contribution in [0.25, 0.3) is 0 Å². The molecule has 1 amide bonds. The van der Waals surface area contributed by atoms with Crippen molar-refractivity contribution in [1.82, 2.24) is 25.0 Å². The average Bonchev–Trinajstić information content (AvgIpc) is 3.36.